The second kappa shape index (κ2) is 4.71. The predicted molar refractivity (Wildman–Crippen MR) is 92.2 cm³/mol. The molecule has 1 aromatic carbocycles. The number of aromatic nitrogens is 1. The van der Waals surface area contributed by atoms with Crippen LogP contribution in [-0.4, -0.2) is 28.8 Å². The summed E-state index contributed by atoms with van der Waals surface area (Å²) in [4.78, 5) is 6.35. The van der Waals surface area contributed by atoms with Gasteiger partial charge in [-0.15, -0.1) is 6.58 Å². The summed E-state index contributed by atoms with van der Waals surface area (Å²) in [5, 5.41) is 1.41. The van der Waals surface area contributed by atoms with Gasteiger partial charge in [-0.3, -0.25) is 4.90 Å². The van der Waals surface area contributed by atoms with Crippen molar-refractivity contribution in [2.24, 2.45) is 11.8 Å². The van der Waals surface area contributed by atoms with Crippen molar-refractivity contribution < 1.29 is 4.74 Å². The zero-order valence-corrected chi connectivity index (χ0v) is 13.7. The number of rotatable bonds is 1. The first-order valence-corrected chi connectivity index (χ1v) is 8.85. The van der Waals surface area contributed by atoms with Gasteiger partial charge < -0.3 is 9.72 Å². The van der Waals surface area contributed by atoms with Crippen LogP contribution in [0.1, 0.15) is 37.1 Å². The van der Waals surface area contributed by atoms with Gasteiger partial charge in [0.2, 0.25) is 0 Å². The van der Waals surface area contributed by atoms with Gasteiger partial charge >= 0.3 is 0 Å². The quantitative estimate of drug-likeness (QED) is 0.806. The molecule has 5 rings (SSSR count). The number of aromatic amines is 1. The lowest BCUT2D eigenvalue weighted by Crippen LogP contribution is -2.57. The number of fused-ring (bicyclic) bond motifs is 7. The molecule has 3 heteroatoms. The number of para-hydroxylation sites is 1. The Hall–Kier alpha value is -1.58. The first-order chi connectivity index (χ1) is 11.2. The van der Waals surface area contributed by atoms with Gasteiger partial charge in [0.15, 0.2) is 0 Å². The van der Waals surface area contributed by atoms with Gasteiger partial charge in [-0.25, -0.2) is 0 Å². The molecule has 0 bridgehead atoms. The van der Waals surface area contributed by atoms with Crippen molar-refractivity contribution in [2.75, 3.05) is 13.2 Å². The van der Waals surface area contributed by atoms with Crippen LogP contribution >= 0.6 is 0 Å². The molecule has 120 valence electrons. The zero-order chi connectivity index (χ0) is 15.6. The molecule has 4 atom stereocenters. The minimum Gasteiger partial charge on any atom is -0.360 e. The van der Waals surface area contributed by atoms with Crippen molar-refractivity contribution in [3.05, 3.63) is 48.2 Å². The summed E-state index contributed by atoms with van der Waals surface area (Å²) in [6.45, 7) is 8.26. The van der Waals surface area contributed by atoms with Crippen LogP contribution in [0.4, 0.5) is 0 Å². The van der Waals surface area contributed by atoms with Crippen LogP contribution in [0.2, 0.25) is 0 Å². The van der Waals surface area contributed by atoms with E-state index in [1.54, 1.807) is 0 Å². The molecule has 3 aliphatic heterocycles. The van der Waals surface area contributed by atoms with E-state index in [1.165, 1.54) is 35.0 Å². The summed E-state index contributed by atoms with van der Waals surface area (Å²) in [6.07, 6.45) is 5.66. The fraction of sp³-hybridized carbons (Fsp3) is 0.500. The van der Waals surface area contributed by atoms with E-state index in [-0.39, 0.29) is 5.72 Å². The molecule has 1 aromatic heterocycles. The Labute approximate surface area is 137 Å². The second-order valence-electron chi connectivity index (χ2n) is 7.47. The first kappa shape index (κ1) is 13.8. The minimum absolute atomic E-state index is 0.128. The minimum atomic E-state index is -0.128. The number of hydrogen-bond acceptors (Lipinski definition) is 2. The Morgan fingerprint density at radius 3 is 3.09 bits per heavy atom. The number of H-pyrrole nitrogens is 1. The molecule has 0 saturated carbocycles. The predicted octanol–water partition coefficient (Wildman–Crippen LogP) is 4.03. The lowest BCUT2D eigenvalue weighted by Gasteiger charge is -2.52. The SMILES string of the molecule is C=C[C@H]1CO[C@]2(C)[C@H]1CC[C@@H]1c3[nH]c4ccccc4c3CCN12. The lowest BCUT2D eigenvalue weighted by atomic mass is 9.75. The molecule has 2 fully saturated rings. The van der Waals surface area contributed by atoms with Crippen LogP contribution in [0.25, 0.3) is 10.9 Å². The molecule has 4 heterocycles. The van der Waals surface area contributed by atoms with Crippen molar-refractivity contribution in [1.82, 2.24) is 9.88 Å². The van der Waals surface area contributed by atoms with E-state index >= 15 is 0 Å². The molecule has 0 amide bonds. The van der Waals surface area contributed by atoms with Crippen LogP contribution in [0.15, 0.2) is 36.9 Å². The van der Waals surface area contributed by atoms with E-state index in [0.29, 0.717) is 17.9 Å². The fourth-order valence-corrected chi connectivity index (χ4v) is 5.38. The number of ether oxygens (including phenoxy) is 1. The van der Waals surface area contributed by atoms with Gasteiger partial charge in [0.1, 0.15) is 5.72 Å². The number of hydrogen-bond donors (Lipinski definition) is 1. The molecule has 0 unspecified atom stereocenters. The maximum Gasteiger partial charge on any atom is 0.122 e. The van der Waals surface area contributed by atoms with E-state index in [9.17, 15) is 0 Å². The maximum atomic E-state index is 6.35. The van der Waals surface area contributed by atoms with Crippen molar-refractivity contribution in [2.45, 2.75) is 38.0 Å². The molecular formula is C20H24N2O. The first-order valence-electron chi connectivity index (χ1n) is 8.85. The molecule has 0 aliphatic carbocycles. The summed E-state index contributed by atoms with van der Waals surface area (Å²) in [5.74, 6) is 1.09. The third kappa shape index (κ3) is 1.72. The number of piperidine rings is 1. The smallest absolute Gasteiger partial charge is 0.122 e. The normalized spacial score (nSPS) is 36.5. The molecule has 23 heavy (non-hydrogen) atoms. The average Bonchev–Trinajstić information content (AvgIpc) is 3.12. The monoisotopic (exact) mass is 308 g/mol. The molecule has 2 aromatic rings. The summed E-state index contributed by atoms with van der Waals surface area (Å²) in [7, 11) is 0. The molecule has 3 nitrogen and oxygen atoms in total. The van der Waals surface area contributed by atoms with Crippen LogP contribution in [0, 0.1) is 11.8 Å². The number of benzene rings is 1. The Balaban J connectivity index is 1.59. The van der Waals surface area contributed by atoms with Gasteiger partial charge in [0.25, 0.3) is 0 Å². The average molecular weight is 308 g/mol. The van der Waals surface area contributed by atoms with Crippen molar-refractivity contribution in [3.8, 4) is 0 Å². The Morgan fingerprint density at radius 2 is 2.22 bits per heavy atom. The highest BCUT2D eigenvalue weighted by atomic mass is 16.5. The Bertz CT molecular complexity index is 779. The third-order valence-corrected chi connectivity index (χ3v) is 6.56. The second-order valence-corrected chi connectivity index (χ2v) is 7.47. The van der Waals surface area contributed by atoms with Crippen LogP contribution in [0.5, 0.6) is 0 Å². The Morgan fingerprint density at radius 1 is 1.35 bits per heavy atom. The van der Waals surface area contributed by atoms with E-state index < -0.39 is 0 Å². The number of nitrogens with zero attached hydrogens (tertiary/aromatic N) is 1. The topological polar surface area (TPSA) is 28.3 Å². The molecule has 0 spiro atoms. The summed E-state index contributed by atoms with van der Waals surface area (Å²) in [6, 6.07) is 9.19. The lowest BCUT2D eigenvalue weighted by molar-refractivity contribution is -0.176. The fourth-order valence-electron chi connectivity index (χ4n) is 5.38. The molecular weight excluding hydrogens is 284 g/mol. The van der Waals surface area contributed by atoms with Gasteiger partial charge in [-0.05, 0) is 37.8 Å². The molecule has 3 aliphatic rings. The van der Waals surface area contributed by atoms with Crippen LogP contribution in [-0.2, 0) is 11.2 Å². The van der Waals surface area contributed by atoms with Crippen molar-refractivity contribution in [1.29, 1.82) is 0 Å². The third-order valence-electron chi connectivity index (χ3n) is 6.56. The maximum absolute atomic E-state index is 6.35. The standard InChI is InChI=1S/C20H24N2O/c1-3-13-12-23-20(2)16(13)8-9-18-19-15(10-11-22(18)20)14-6-4-5-7-17(14)21-19/h3-7,13,16,18,21H,1,8-12H2,2H3/t13-,16-,18+,20+/m0/s1. The molecule has 1 N–H and O–H groups in total. The summed E-state index contributed by atoms with van der Waals surface area (Å²) < 4.78 is 6.35. The molecule has 0 radical (unpaired) electrons. The van der Waals surface area contributed by atoms with Crippen LogP contribution < -0.4 is 0 Å². The van der Waals surface area contributed by atoms with Gasteiger partial charge in [0, 0.05) is 35.0 Å². The number of nitrogens with one attached hydrogen (secondary N) is 1. The summed E-state index contributed by atoms with van der Waals surface area (Å²) in [5.41, 5.74) is 4.12. The van der Waals surface area contributed by atoms with Gasteiger partial charge in [-0.2, -0.15) is 0 Å². The van der Waals surface area contributed by atoms with Gasteiger partial charge in [-0.1, -0.05) is 24.3 Å². The van der Waals surface area contributed by atoms with E-state index in [1.807, 2.05) is 0 Å². The highest BCUT2D eigenvalue weighted by molar-refractivity contribution is 5.85. The highest BCUT2D eigenvalue weighted by Gasteiger charge is 2.55. The Kier molecular flexibility index (Phi) is 2.83. The highest BCUT2D eigenvalue weighted by Crippen LogP contribution is 2.53. The van der Waals surface area contributed by atoms with E-state index in [0.717, 1.165) is 19.6 Å². The van der Waals surface area contributed by atoms with Gasteiger partial charge in [0.05, 0.1) is 12.6 Å². The largest absolute Gasteiger partial charge is 0.360 e. The van der Waals surface area contributed by atoms with Crippen LogP contribution in [0.3, 0.4) is 0 Å². The van der Waals surface area contributed by atoms with E-state index in [2.05, 4.69) is 53.7 Å². The van der Waals surface area contributed by atoms with Crippen molar-refractivity contribution >= 4 is 10.9 Å². The molecule has 2 saturated heterocycles. The van der Waals surface area contributed by atoms with Crippen molar-refractivity contribution in [3.63, 3.8) is 0 Å². The zero-order valence-electron chi connectivity index (χ0n) is 13.7. The summed E-state index contributed by atoms with van der Waals surface area (Å²) >= 11 is 0. The van der Waals surface area contributed by atoms with E-state index in [4.69, 9.17) is 4.74 Å².